The molecule has 1 aromatic rings. The minimum absolute atomic E-state index is 0.145. The van der Waals surface area contributed by atoms with E-state index in [-0.39, 0.29) is 5.56 Å². The molecule has 1 aliphatic rings. The first-order valence-corrected chi connectivity index (χ1v) is 4.10. The molecule has 5 heteroatoms. The molecule has 0 fully saturated rings. The molecule has 2 heterocycles. The number of hydrogen-bond acceptors (Lipinski definition) is 3. The van der Waals surface area contributed by atoms with E-state index in [1.807, 2.05) is 6.92 Å². The number of aromatic nitrogens is 2. The summed E-state index contributed by atoms with van der Waals surface area (Å²) >= 11 is 0. The molecule has 1 aromatic heterocycles. The summed E-state index contributed by atoms with van der Waals surface area (Å²) in [6.45, 7) is 3.32. The molecule has 5 nitrogen and oxygen atoms in total. The molecule has 0 spiro atoms. The van der Waals surface area contributed by atoms with Crippen LogP contribution in [-0.4, -0.2) is 27.5 Å². The van der Waals surface area contributed by atoms with Crippen molar-refractivity contribution < 1.29 is 14.6 Å². The van der Waals surface area contributed by atoms with E-state index in [0.29, 0.717) is 18.4 Å². The van der Waals surface area contributed by atoms with Gasteiger partial charge >= 0.3 is 5.97 Å². The van der Waals surface area contributed by atoms with Crippen LogP contribution in [0.1, 0.15) is 17.3 Å². The minimum atomic E-state index is -0.990. The summed E-state index contributed by atoms with van der Waals surface area (Å²) in [5.41, 5.74) is 0.145. The highest BCUT2D eigenvalue weighted by Crippen LogP contribution is 2.23. The molecular formula is C8H10N2O3. The third kappa shape index (κ3) is 1.26. The number of fused-ring (bicyclic) bond motifs is 1. The van der Waals surface area contributed by atoms with Gasteiger partial charge in [-0.2, -0.15) is 5.10 Å². The predicted octanol–water partition coefficient (Wildman–Crippen LogP) is 0.610. The smallest absolute Gasteiger partial charge is 0.342 e. The first-order valence-electron chi connectivity index (χ1n) is 4.10. The van der Waals surface area contributed by atoms with Gasteiger partial charge in [0.25, 0.3) is 0 Å². The normalized spacial score (nSPS) is 20.5. The number of carbonyl (C=O) groups is 1. The molecule has 0 radical (unpaired) electrons. The van der Waals surface area contributed by atoms with E-state index in [4.69, 9.17) is 9.84 Å². The lowest BCUT2D eigenvalue weighted by atomic mass is 10.2. The van der Waals surface area contributed by atoms with Gasteiger partial charge in [0, 0.05) is 5.92 Å². The van der Waals surface area contributed by atoms with E-state index < -0.39 is 5.97 Å². The predicted molar refractivity (Wildman–Crippen MR) is 43.8 cm³/mol. The SMILES string of the molecule is C[C@@H]1COc2c(C(=O)O)cnn2C1. The molecule has 0 saturated heterocycles. The lowest BCUT2D eigenvalue weighted by molar-refractivity contribution is 0.0687. The summed E-state index contributed by atoms with van der Waals surface area (Å²) in [4.78, 5) is 10.7. The van der Waals surface area contributed by atoms with Crippen LogP contribution in [0.2, 0.25) is 0 Å². The summed E-state index contributed by atoms with van der Waals surface area (Å²) in [6, 6.07) is 0. The van der Waals surface area contributed by atoms with E-state index in [2.05, 4.69) is 5.10 Å². The number of rotatable bonds is 1. The molecular weight excluding hydrogens is 172 g/mol. The van der Waals surface area contributed by atoms with Gasteiger partial charge in [-0.05, 0) is 0 Å². The van der Waals surface area contributed by atoms with Gasteiger partial charge in [-0.15, -0.1) is 0 Å². The number of aromatic carboxylic acids is 1. The van der Waals surface area contributed by atoms with E-state index in [9.17, 15) is 4.79 Å². The van der Waals surface area contributed by atoms with Gasteiger partial charge in [-0.25, -0.2) is 9.48 Å². The molecule has 0 saturated carbocycles. The fourth-order valence-corrected chi connectivity index (χ4v) is 1.37. The maximum atomic E-state index is 10.7. The average molecular weight is 182 g/mol. The van der Waals surface area contributed by atoms with Crippen LogP contribution in [0.3, 0.4) is 0 Å². The van der Waals surface area contributed by atoms with Crippen LogP contribution in [0.25, 0.3) is 0 Å². The summed E-state index contributed by atoms with van der Waals surface area (Å²) in [7, 11) is 0. The van der Waals surface area contributed by atoms with Crippen LogP contribution in [0.4, 0.5) is 0 Å². The first kappa shape index (κ1) is 8.10. The fraction of sp³-hybridized carbons (Fsp3) is 0.500. The molecule has 1 aliphatic heterocycles. The quantitative estimate of drug-likeness (QED) is 0.691. The van der Waals surface area contributed by atoms with Gasteiger partial charge in [0.05, 0.1) is 19.3 Å². The summed E-state index contributed by atoms with van der Waals surface area (Å²) in [5, 5.41) is 12.7. The van der Waals surface area contributed by atoms with Crippen LogP contribution >= 0.6 is 0 Å². The van der Waals surface area contributed by atoms with Crippen molar-refractivity contribution in [1.82, 2.24) is 9.78 Å². The van der Waals surface area contributed by atoms with Crippen LogP contribution in [0.15, 0.2) is 6.20 Å². The Morgan fingerprint density at radius 3 is 3.31 bits per heavy atom. The van der Waals surface area contributed by atoms with Crippen molar-refractivity contribution >= 4 is 5.97 Å². The number of hydrogen-bond donors (Lipinski definition) is 1. The molecule has 0 aromatic carbocycles. The zero-order valence-electron chi connectivity index (χ0n) is 7.23. The van der Waals surface area contributed by atoms with Crippen molar-refractivity contribution in [1.29, 1.82) is 0 Å². The zero-order chi connectivity index (χ0) is 9.42. The summed E-state index contributed by atoms with van der Waals surface area (Å²) in [6.07, 6.45) is 1.33. The molecule has 13 heavy (non-hydrogen) atoms. The van der Waals surface area contributed by atoms with Crippen molar-refractivity contribution in [2.75, 3.05) is 6.61 Å². The van der Waals surface area contributed by atoms with Crippen LogP contribution in [0.5, 0.6) is 5.88 Å². The van der Waals surface area contributed by atoms with Crippen molar-refractivity contribution in [2.24, 2.45) is 5.92 Å². The Hall–Kier alpha value is -1.52. The molecule has 2 rings (SSSR count). The largest absolute Gasteiger partial charge is 0.477 e. The van der Waals surface area contributed by atoms with E-state index in [1.54, 1.807) is 4.68 Å². The Morgan fingerprint density at radius 1 is 1.85 bits per heavy atom. The molecule has 0 bridgehead atoms. The summed E-state index contributed by atoms with van der Waals surface area (Å²) in [5.74, 6) is -0.226. The highest BCUT2D eigenvalue weighted by Gasteiger charge is 2.23. The maximum absolute atomic E-state index is 10.7. The number of carboxylic acids is 1. The standard InChI is InChI=1S/C8H10N2O3/c1-5-3-10-7(13-4-5)6(2-9-10)8(11)12/h2,5H,3-4H2,1H3,(H,11,12)/t5-/m0/s1. The second kappa shape index (κ2) is 2.76. The Labute approximate surface area is 74.9 Å². The van der Waals surface area contributed by atoms with Gasteiger partial charge in [-0.3, -0.25) is 0 Å². The Balaban J connectivity index is 2.39. The highest BCUT2D eigenvalue weighted by molar-refractivity contribution is 5.90. The molecule has 1 atom stereocenters. The first-order chi connectivity index (χ1) is 6.18. The van der Waals surface area contributed by atoms with Crippen LogP contribution < -0.4 is 4.74 Å². The summed E-state index contributed by atoms with van der Waals surface area (Å²) < 4.78 is 6.88. The average Bonchev–Trinajstić information content (AvgIpc) is 2.46. The van der Waals surface area contributed by atoms with Crippen molar-refractivity contribution in [3.8, 4) is 5.88 Å². The highest BCUT2D eigenvalue weighted by atomic mass is 16.5. The van der Waals surface area contributed by atoms with Gasteiger partial charge in [-0.1, -0.05) is 6.92 Å². The molecule has 70 valence electrons. The second-order valence-corrected chi connectivity index (χ2v) is 3.27. The Kier molecular flexibility index (Phi) is 1.72. The van der Waals surface area contributed by atoms with Gasteiger partial charge in [0.1, 0.15) is 5.56 Å². The Morgan fingerprint density at radius 2 is 2.62 bits per heavy atom. The van der Waals surface area contributed by atoms with Crippen molar-refractivity contribution in [3.63, 3.8) is 0 Å². The van der Waals surface area contributed by atoms with Crippen LogP contribution in [0, 0.1) is 5.92 Å². The molecule has 0 aliphatic carbocycles. The Bertz CT molecular complexity index is 345. The topological polar surface area (TPSA) is 64.3 Å². The second-order valence-electron chi connectivity index (χ2n) is 3.27. The van der Waals surface area contributed by atoms with Gasteiger partial charge < -0.3 is 9.84 Å². The molecule has 1 N–H and O–H groups in total. The maximum Gasteiger partial charge on any atom is 0.342 e. The third-order valence-corrected chi connectivity index (χ3v) is 2.01. The lowest BCUT2D eigenvalue weighted by Crippen LogP contribution is -2.24. The lowest BCUT2D eigenvalue weighted by Gasteiger charge is -2.20. The number of nitrogens with zero attached hydrogens (tertiary/aromatic N) is 2. The van der Waals surface area contributed by atoms with Gasteiger partial charge in [0.2, 0.25) is 5.88 Å². The van der Waals surface area contributed by atoms with E-state index in [0.717, 1.165) is 6.54 Å². The zero-order valence-corrected chi connectivity index (χ0v) is 7.23. The van der Waals surface area contributed by atoms with Gasteiger partial charge in [0.15, 0.2) is 0 Å². The van der Waals surface area contributed by atoms with E-state index >= 15 is 0 Å². The molecule has 0 unspecified atom stereocenters. The minimum Gasteiger partial charge on any atom is -0.477 e. The third-order valence-electron chi connectivity index (χ3n) is 2.01. The van der Waals surface area contributed by atoms with Crippen molar-refractivity contribution in [3.05, 3.63) is 11.8 Å². The fourth-order valence-electron chi connectivity index (χ4n) is 1.37. The van der Waals surface area contributed by atoms with E-state index in [1.165, 1.54) is 6.20 Å². The van der Waals surface area contributed by atoms with Crippen LogP contribution in [-0.2, 0) is 6.54 Å². The molecule has 0 amide bonds. The monoisotopic (exact) mass is 182 g/mol. The number of ether oxygens (including phenoxy) is 1. The number of carboxylic acid groups (broad SMARTS) is 1. The van der Waals surface area contributed by atoms with Crippen molar-refractivity contribution in [2.45, 2.75) is 13.5 Å².